The predicted octanol–water partition coefficient (Wildman–Crippen LogP) is 2.27. The van der Waals surface area contributed by atoms with Crippen LogP contribution in [0.5, 0.6) is 0 Å². The summed E-state index contributed by atoms with van der Waals surface area (Å²) in [4.78, 5) is 11.7. The van der Waals surface area contributed by atoms with Gasteiger partial charge in [-0.1, -0.05) is 0 Å². The molecular formula is C13H24N2O2S. The van der Waals surface area contributed by atoms with Gasteiger partial charge in [-0.3, -0.25) is 0 Å². The van der Waals surface area contributed by atoms with E-state index in [0.717, 1.165) is 31.4 Å². The molecule has 1 unspecified atom stereocenters. The van der Waals surface area contributed by atoms with Gasteiger partial charge in [-0.2, -0.15) is 11.8 Å². The SMILES string of the molecule is CC(C)(C)OC(=O)NC1CCSC2(CC(N)C2)C1. The average Bonchev–Trinajstić information content (AvgIpc) is 2.12. The summed E-state index contributed by atoms with van der Waals surface area (Å²) in [5.41, 5.74) is 5.46. The number of hydrogen-bond donors (Lipinski definition) is 2. The quantitative estimate of drug-likeness (QED) is 0.768. The lowest BCUT2D eigenvalue weighted by molar-refractivity contribution is 0.0491. The summed E-state index contributed by atoms with van der Waals surface area (Å²) in [6, 6.07) is 0.603. The molecule has 2 aliphatic rings. The van der Waals surface area contributed by atoms with Crippen molar-refractivity contribution in [3.05, 3.63) is 0 Å². The first kappa shape index (κ1) is 14.0. The molecule has 2 rings (SSSR count). The van der Waals surface area contributed by atoms with E-state index < -0.39 is 5.60 Å². The van der Waals surface area contributed by atoms with Crippen LogP contribution in [0, 0.1) is 0 Å². The van der Waals surface area contributed by atoms with Gasteiger partial charge in [0.05, 0.1) is 0 Å². The largest absolute Gasteiger partial charge is 0.444 e. The van der Waals surface area contributed by atoms with E-state index in [2.05, 4.69) is 5.32 Å². The van der Waals surface area contributed by atoms with Crippen molar-refractivity contribution in [2.45, 2.75) is 68.9 Å². The topological polar surface area (TPSA) is 64.3 Å². The van der Waals surface area contributed by atoms with Crippen LogP contribution in [0.3, 0.4) is 0 Å². The Morgan fingerprint density at radius 2 is 2.06 bits per heavy atom. The molecule has 1 spiro atoms. The van der Waals surface area contributed by atoms with E-state index in [1.807, 2.05) is 32.5 Å². The van der Waals surface area contributed by atoms with Gasteiger partial charge in [0.2, 0.25) is 0 Å². The fourth-order valence-corrected chi connectivity index (χ4v) is 4.62. The smallest absolute Gasteiger partial charge is 0.407 e. The van der Waals surface area contributed by atoms with Crippen LogP contribution >= 0.6 is 11.8 Å². The second-order valence-corrected chi connectivity index (χ2v) is 8.10. The van der Waals surface area contributed by atoms with Crippen molar-refractivity contribution in [2.24, 2.45) is 5.73 Å². The number of rotatable bonds is 1. The number of ether oxygens (including phenoxy) is 1. The molecule has 3 N–H and O–H groups in total. The molecule has 0 aromatic carbocycles. The molecule has 1 saturated carbocycles. The third-order valence-corrected chi connectivity index (χ3v) is 5.03. The Morgan fingerprint density at radius 3 is 2.61 bits per heavy atom. The number of carbonyl (C=O) groups is 1. The van der Waals surface area contributed by atoms with Crippen LogP contribution in [-0.4, -0.2) is 34.3 Å². The van der Waals surface area contributed by atoms with Crippen LogP contribution in [0.2, 0.25) is 0 Å². The molecule has 1 aliphatic carbocycles. The van der Waals surface area contributed by atoms with Gasteiger partial charge in [-0.15, -0.1) is 0 Å². The Kier molecular flexibility index (Phi) is 3.83. The lowest BCUT2D eigenvalue weighted by Crippen LogP contribution is -2.55. The van der Waals surface area contributed by atoms with Gasteiger partial charge in [0.15, 0.2) is 0 Å². The zero-order chi connectivity index (χ0) is 13.4. The van der Waals surface area contributed by atoms with Crippen molar-refractivity contribution >= 4 is 17.9 Å². The maximum Gasteiger partial charge on any atom is 0.407 e. The van der Waals surface area contributed by atoms with Crippen LogP contribution in [0.25, 0.3) is 0 Å². The van der Waals surface area contributed by atoms with Crippen molar-refractivity contribution in [3.8, 4) is 0 Å². The summed E-state index contributed by atoms with van der Waals surface area (Å²) in [6.45, 7) is 5.65. The summed E-state index contributed by atoms with van der Waals surface area (Å²) in [7, 11) is 0. The average molecular weight is 272 g/mol. The number of alkyl carbamates (subject to hydrolysis) is 1. The minimum Gasteiger partial charge on any atom is -0.444 e. The van der Waals surface area contributed by atoms with E-state index >= 15 is 0 Å². The third-order valence-electron chi connectivity index (χ3n) is 3.48. The van der Waals surface area contributed by atoms with E-state index in [9.17, 15) is 4.79 Å². The van der Waals surface area contributed by atoms with Gasteiger partial charge in [0.1, 0.15) is 5.60 Å². The van der Waals surface area contributed by atoms with E-state index in [0.29, 0.717) is 10.8 Å². The number of thioether (sulfide) groups is 1. The monoisotopic (exact) mass is 272 g/mol. The van der Waals surface area contributed by atoms with Gasteiger partial charge in [-0.25, -0.2) is 4.79 Å². The molecule has 1 aliphatic heterocycles. The Balaban J connectivity index is 1.81. The molecular weight excluding hydrogens is 248 g/mol. The Bertz CT molecular complexity index is 316. The van der Waals surface area contributed by atoms with Gasteiger partial charge >= 0.3 is 6.09 Å². The van der Waals surface area contributed by atoms with E-state index in [-0.39, 0.29) is 12.1 Å². The van der Waals surface area contributed by atoms with Crippen molar-refractivity contribution < 1.29 is 9.53 Å². The second kappa shape index (κ2) is 4.93. The molecule has 0 aromatic rings. The fraction of sp³-hybridized carbons (Fsp3) is 0.923. The highest BCUT2D eigenvalue weighted by atomic mass is 32.2. The molecule has 1 heterocycles. The Labute approximate surface area is 113 Å². The van der Waals surface area contributed by atoms with Crippen LogP contribution in [0.1, 0.15) is 46.5 Å². The van der Waals surface area contributed by atoms with Crippen molar-refractivity contribution in [1.29, 1.82) is 0 Å². The molecule has 18 heavy (non-hydrogen) atoms. The predicted molar refractivity (Wildman–Crippen MR) is 74.8 cm³/mol. The van der Waals surface area contributed by atoms with E-state index in [1.54, 1.807) is 0 Å². The summed E-state index contributed by atoms with van der Waals surface area (Å²) in [5, 5.41) is 3.00. The lowest BCUT2D eigenvalue weighted by Gasteiger charge is -2.50. The molecule has 1 saturated heterocycles. The number of nitrogens with one attached hydrogen (secondary N) is 1. The molecule has 104 valence electrons. The van der Waals surface area contributed by atoms with Crippen molar-refractivity contribution in [3.63, 3.8) is 0 Å². The van der Waals surface area contributed by atoms with Crippen LogP contribution in [0.4, 0.5) is 4.79 Å². The highest BCUT2D eigenvalue weighted by molar-refractivity contribution is 8.00. The molecule has 5 heteroatoms. The van der Waals surface area contributed by atoms with Gasteiger partial charge in [0, 0.05) is 16.8 Å². The Hall–Kier alpha value is -0.420. The molecule has 4 nitrogen and oxygen atoms in total. The zero-order valence-electron chi connectivity index (χ0n) is 11.5. The summed E-state index contributed by atoms with van der Waals surface area (Å²) in [6.07, 6.45) is 3.94. The van der Waals surface area contributed by atoms with Crippen LogP contribution < -0.4 is 11.1 Å². The maximum atomic E-state index is 11.7. The van der Waals surface area contributed by atoms with Gasteiger partial charge < -0.3 is 15.8 Å². The third kappa shape index (κ3) is 3.54. The van der Waals surface area contributed by atoms with Crippen LogP contribution in [-0.2, 0) is 4.74 Å². The number of hydrogen-bond acceptors (Lipinski definition) is 4. The molecule has 1 amide bonds. The minimum absolute atomic E-state index is 0.244. The number of nitrogens with two attached hydrogens (primary N) is 1. The van der Waals surface area contributed by atoms with Gasteiger partial charge in [-0.05, 0) is 52.2 Å². The molecule has 1 atom stereocenters. The van der Waals surface area contributed by atoms with Gasteiger partial charge in [0.25, 0.3) is 0 Å². The first-order valence-corrected chi connectivity index (χ1v) is 7.66. The molecule has 0 bridgehead atoms. The number of amides is 1. The number of carbonyl (C=O) groups excluding carboxylic acids is 1. The molecule has 0 radical (unpaired) electrons. The first-order valence-electron chi connectivity index (χ1n) is 6.67. The standard InChI is InChI=1S/C13H24N2O2S/c1-12(2,3)17-11(16)15-10-4-5-18-13(8-10)6-9(14)7-13/h9-10H,4-8,14H2,1-3H3,(H,15,16). The normalized spacial score (nSPS) is 36.0. The van der Waals surface area contributed by atoms with Crippen LogP contribution in [0.15, 0.2) is 0 Å². The minimum atomic E-state index is -0.427. The summed E-state index contributed by atoms with van der Waals surface area (Å²) in [5.74, 6) is 1.10. The molecule has 0 aromatic heterocycles. The first-order chi connectivity index (χ1) is 8.28. The highest BCUT2D eigenvalue weighted by Crippen LogP contribution is 2.49. The fourth-order valence-electron chi connectivity index (χ4n) is 2.81. The van der Waals surface area contributed by atoms with Crippen molar-refractivity contribution in [1.82, 2.24) is 5.32 Å². The summed E-state index contributed by atoms with van der Waals surface area (Å²) >= 11 is 2.03. The highest BCUT2D eigenvalue weighted by Gasteiger charge is 2.46. The second-order valence-electron chi connectivity index (χ2n) is 6.54. The van der Waals surface area contributed by atoms with E-state index in [1.165, 1.54) is 0 Å². The maximum absolute atomic E-state index is 11.7. The summed E-state index contributed by atoms with van der Waals surface area (Å²) < 4.78 is 5.63. The zero-order valence-corrected chi connectivity index (χ0v) is 12.3. The van der Waals surface area contributed by atoms with E-state index in [4.69, 9.17) is 10.5 Å². The Morgan fingerprint density at radius 1 is 1.39 bits per heavy atom. The van der Waals surface area contributed by atoms with Crippen molar-refractivity contribution in [2.75, 3.05) is 5.75 Å². The lowest BCUT2D eigenvalue weighted by atomic mass is 9.75. The molecule has 2 fully saturated rings.